The van der Waals surface area contributed by atoms with Crippen LogP contribution in [0.25, 0.3) is 0 Å². The van der Waals surface area contributed by atoms with Crippen molar-refractivity contribution in [3.8, 4) is 5.75 Å². The van der Waals surface area contributed by atoms with E-state index in [0.29, 0.717) is 17.0 Å². The van der Waals surface area contributed by atoms with Crippen LogP contribution < -0.4 is 20.3 Å². The molecule has 2 aromatic rings. The second-order valence-corrected chi connectivity index (χ2v) is 6.46. The maximum Gasteiger partial charge on any atom is 0.416 e. The molecule has 0 radical (unpaired) electrons. The molecular formula is C19H19F3N4O4. The van der Waals surface area contributed by atoms with Gasteiger partial charge in [0.1, 0.15) is 12.3 Å². The molecule has 1 aliphatic rings. The first-order valence-electron chi connectivity index (χ1n) is 8.81. The highest BCUT2D eigenvalue weighted by atomic mass is 19.4. The first kappa shape index (κ1) is 21.4. The van der Waals surface area contributed by atoms with Gasteiger partial charge >= 0.3 is 12.2 Å². The highest BCUT2D eigenvalue weighted by Gasteiger charge is 2.32. The average Bonchev–Trinajstić information content (AvgIpc) is 2.71. The van der Waals surface area contributed by atoms with Gasteiger partial charge in [-0.15, -0.1) is 0 Å². The zero-order valence-corrected chi connectivity index (χ0v) is 16.1. The lowest BCUT2D eigenvalue weighted by molar-refractivity contribution is -0.137. The molecule has 1 unspecified atom stereocenters. The summed E-state index contributed by atoms with van der Waals surface area (Å²) in [7, 11) is 2.85. The minimum atomic E-state index is -4.46. The molecule has 0 aliphatic carbocycles. The van der Waals surface area contributed by atoms with Crippen molar-refractivity contribution in [2.24, 2.45) is 0 Å². The van der Waals surface area contributed by atoms with E-state index in [0.717, 1.165) is 17.0 Å². The third-order valence-corrected chi connectivity index (χ3v) is 4.43. The van der Waals surface area contributed by atoms with E-state index in [2.05, 4.69) is 15.6 Å². The van der Waals surface area contributed by atoms with Gasteiger partial charge in [0.2, 0.25) is 5.91 Å². The Morgan fingerprint density at radius 1 is 1.30 bits per heavy atom. The number of alkyl halides is 3. The fourth-order valence-corrected chi connectivity index (χ4v) is 2.95. The number of hydrogen-bond acceptors (Lipinski definition) is 5. The van der Waals surface area contributed by atoms with Gasteiger partial charge in [-0.3, -0.25) is 9.69 Å². The number of rotatable bonds is 5. The van der Waals surface area contributed by atoms with Crippen molar-refractivity contribution in [2.75, 3.05) is 37.6 Å². The van der Waals surface area contributed by atoms with Crippen molar-refractivity contribution in [2.45, 2.75) is 12.2 Å². The average molecular weight is 424 g/mol. The number of methoxy groups -OCH3 is 2. The van der Waals surface area contributed by atoms with Gasteiger partial charge in [0.15, 0.2) is 5.82 Å². The normalized spacial score (nSPS) is 14.6. The molecule has 0 fully saturated rings. The molecule has 1 atom stereocenters. The Labute approximate surface area is 170 Å². The first-order chi connectivity index (χ1) is 14.2. The number of ether oxygens (including phenoxy) is 2. The number of pyridine rings is 1. The highest BCUT2D eigenvalue weighted by molar-refractivity contribution is 6.08. The fourth-order valence-electron chi connectivity index (χ4n) is 2.95. The van der Waals surface area contributed by atoms with Crippen molar-refractivity contribution < 1.29 is 32.2 Å². The number of nitrogens with zero attached hydrogens (tertiary/aromatic N) is 2. The van der Waals surface area contributed by atoms with E-state index >= 15 is 0 Å². The Morgan fingerprint density at radius 3 is 2.60 bits per heavy atom. The smallest absolute Gasteiger partial charge is 0.416 e. The number of urea groups is 1. The van der Waals surface area contributed by atoms with Gasteiger partial charge in [-0.2, -0.15) is 13.2 Å². The molecule has 2 heterocycles. The molecule has 1 aliphatic heterocycles. The molecule has 3 amide bonds. The number of halogens is 3. The van der Waals surface area contributed by atoms with Gasteiger partial charge in [0.25, 0.3) is 0 Å². The zero-order valence-electron chi connectivity index (χ0n) is 16.1. The minimum absolute atomic E-state index is 0.0139. The topological polar surface area (TPSA) is 92.8 Å². The molecule has 1 aromatic carbocycles. The van der Waals surface area contributed by atoms with E-state index in [1.807, 2.05) is 0 Å². The summed E-state index contributed by atoms with van der Waals surface area (Å²) in [6.07, 6.45) is -3.06. The summed E-state index contributed by atoms with van der Waals surface area (Å²) < 4.78 is 48.6. The number of amides is 3. The predicted molar refractivity (Wildman–Crippen MR) is 101 cm³/mol. The number of aromatic nitrogens is 1. The van der Waals surface area contributed by atoms with Gasteiger partial charge in [-0.05, 0) is 17.7 Å². The molecule has 0 saturated carbocycles. The second-order valence-electron chi connectivity index (χ2n) is 6.46. The van der Waals surface area contributed by atoms with Gasteiger partial charge in [0, 0.05) is 13.2 Å². The standard InChI is InChI=1S/C19H19F3N4O4/c1-29-10-15(11-3-5-12(6-4-11)19(20,21)22)25-18(28)26-9-16(27)24-14-7-13(30-2)8-23-17(14)26/h3-8,15H,9-10H2,1-2H3,(H,24,27)(H,25,28). The Balaban J connectivity index is 1.83. The van der Waals surface area contributed by atoms with Crippen LogP contribution in [0.3, 0.4) is 0 Å². The Bertz CT molecular complexity index is 934. The fraction of sp³-hybridized carbons (Fsp3) is 0.316. The lowest BCUT2D eigenvalue weighted by Gasteiger charge is -2.30. The maximum atomic E-state index is 12.9. The summed E-state index contributed by atoms with van der Waals surface area (Å²) in [6, 6.07) is 4.55. The summed E-state index contributed by atoms with van der Waals surface area (Å²) in [5.74, 6) is 0.195. The number of carbonyl (C=O) groups excluding carboxylic acids is 2. The van der Waals surface area contributed by atoms with Crippen LogP contribution in [-0.2, 0) is 15.7 Å². The van der Waals surface area contributed by atoms with Crippen LogP contribution in [-0.4, -0.2) is 44.3 Å². The molecule has 11 heteroatoms. The molecule has 0 bridgehead atoms. The first-order valence-corrected chi connectivity index (χ1v) is 8.81. The lowest BCUT2D eigenvalue weighted by Crippen LogP contribution is -2.49. The van der Waals surface area contributed by atoms with Crippen LogP contribution in [0.1, 0.15) is 17.2 Å². The van der Waals surface area contributed by atoms with E-state index in [1.54, 1.807) is 0 Å². The number of fused-ring (bicyclic) bond motifs is 1. The van der Waals surface area contributed by atoms with Crippen LogP contribution >= 0.6 is 0 Å². The molecule has 0 spiro atoms. The van der Waals surface area contributed by atoms with E-state index in [-0.39, 0.29) is 19.0 Å². The van der Waals surface area contributed by atoms with Gasteiger partial charge in [-0.1, -0.05) is 12.1 Å². The van der Waals surface area contributed by atoms with Crippen molar-refractivity contribution >= 4 is 23.4 Å². The summed E-state index contributed by atoms with van der Waals surface area (Å²) >= 11 is 0. The molecule has 160 valence electrons. The largest absolute Gasteiger partial charge is 0.495 e. The van der Waals surface area contributed by atoms with Crippen molar-refractivity contribution in [1.82, 2.24) is 10.3 Å². The van der Waals surface area contributed by atoms with Crippen LogP contribution in [0.2, 0.25) is 0 Å². The van der Waals surface area contributed by atoms with Crippen LogP contribution in [0.4, 0.5) is 29.5 Å². The quantitative estimate of drug-likeness (QED) is 0.770. The molecule has 0 saturated heterocycles. The van der Waals surface area contributed by atoms with Crippen molar-refractivity contribution in [3.63, 3.8) is 0 Å². The van der Waals surface area contributed by atoms with Gasteiger partial charge < -0.3 is 20.1 Å². The maximum absolute atomic E-state index is 12.9. The van der Waals surface area contributed by atoms with Crippen molar-refractivity contribution in [1.29, 1.82) is 0 Å². The molecule has 30 heavy (non-hydrogen) atoms. The van der Waals surface area contributed by atoms with Crippen LogP contribution in [0, 0.1) is 0 Å². The van der Waals surface area contributed by atoms with E-state index < -0.39 is 29.7 Å². The lowest BCUT2D eigenvalue weighted by atomic mass is 10.1. The Morgan fingerprint density at radius 2 is 2.00 bits per heavy atom. The molecule has 1 aromatic heterocycles. The minimum Gasteiger partial charge on any atom is -0.495 e. The SMILES string of the molecule is COCC(NC(=O)N1CC(=O)Nc2cc(OC)cnc21)c1ccc(C(F)(F)F)cc1. The highest BCUT2D eigenvalue weighted by Crippen LogP contribution is 2.32. The number of benzene rings is 1. The van der Waals surface area contributed by atoms with Gasteiger partial charge in [0.05, 0.1) is 37.2 Å². The molecule has 3 rings (SSSR count). The summed E-state index contributed by atoms with van der Waals surface area (Å²) in [5.41, 5.74) is -0.0744. The van der Waals surface area contributed by atoms with E-state index in [1.165, 1.54) is 38.6 Å². The monoisotopic (exact) mass is 424 g/mol. The molecule has 2 N–H and O–H groups in total. The number of hydrogen-bond donors (Lipinski definition) is 2. The molecular weight excluding hydrogens is 405 g/mol. The summed E-state index contributed by atoms with van der Waals surface area (Å²) in [4.78, 5) is 30.2. The second kappa shape index (κ2) is 8.57. The zero-order chi connectivity index (χ0) is 21.9. The number of nitrogens with one attached hydrogen (secondary N) is 2. The Hall–Kier alpha value is -3.34. The number of anilines is 2. The van der Waals surface area contributed by atoms with E-state index in [9.17, 15) is 22.8 Å². The molecule has 8 nitrogen and oxygen atoms in total. The van der Waals surface area contributed by atoms with E-state index in [4.69, 9.17) is 9.47 Å². The summed E-state index contributed by atoms with van der Waals surface area (Å²) in [5, 5.41) is 5.30. The predicted octanol–water partition coefficient (Wildman–Crippen LogP) is 2.96. The third kappa shape index (κ3) is 4.62. The summed E-state index contributed by atoms with van der Waals surface area (Å²) in [6.45, 7) is -0.259. The third-order valence-electron chi connectivity index (χ3n) is 4.43. The van der Waals surface area contributed by atoms with Crippen LogP contribution in [0.15, 0.2) is 36.5 Å². The Kier molecular flexibility index (Phi) is 6.11. The van der Waals surface area contributed by atoms with Gasteiger partial charge in [-0.25, -0.2) is 9.78 Å². The number of carbonyl (C=O) groups is 2. The van der Waals surface area contributed by atoms with Crippen LogP contribution in [0.5, 0.6) is 5.75 Å². The van der Waals surface area contributed by atoms with Crippen molar-refractivity contribution in [3.05, 3.63) is 47.7 Å².